The van der Waals surface area contributed by atoms with E-state index in [9.17, 15) is 9.59 Å². The van der Waals surface area contributed by atoms with Crippen molar-refractivity contribution < 1.29 is 9.59 Å². The fraction of sp³-hybridized carbons (Fsp3) is 0.444. The average Bonchev–Trinajstić information content (AvgIpc) is 3.04. The van der Waals surface area contributed by atoms with E-state index in [4.69, 9.17) is 0 Å². The molecule has 1 aromatic carbocycles. The number of rotatable bonds is 4. The van der Waals surface area contributed by atoms with Gasteiger partial charge < -0.3 is 5.32 Å². The van der Waals surface area contributed by atoms with Crippen LogP contribution in [0.5, 0.6) is 0 Å². The van der Waals surface area contributed by atoms with Crippen LogP contribution in [-0.4, -0.2) is 61.0 Å². The number of imide groups is 1. The number of benzene rings is 1. The SMILES string of the molecule is CNC(=O)NC(=O)C(C)N1CCN(Cc2csc3ccccc23)CC1. The van der Waals surface area contributed by atoms with Crippen LogP contribution < -0.4 is 10.6 Å². The Morgan fingerprint density at radius 2 is 1.92 bits per heavy atom. The summed E-state index contributed by atoms with van der Waals surface area (Å²) in [5.41, 5.74) is 1.37. The molecule has 1 aromatic heterocycles. The standard InChI is InChI=1S/C18H24N4O2S/c1-13(17(23)20-18(24)19-2)22-9-7-21(8-10-22)11-14-12-25-16-6-4-3-5-15(14)16/h3-6,12-13H,7-11H2,1-2H3,(H2,19,20,23,24). The summed E-state index contributed by atoms with van der Waals surface area (Å²) in [5, 5.41) is 8.34. The van der Waals surface area contributed by atoms with Gasteiger partial charge >= 0.3 is 6.03 Å². The molecule has 1 aliphatic heterocycles. The minimum absolute atomic E-state index is 0.253. The van der Waals surface area contributed by atoms with Gasteiger partial charge in [0, 0.05) is 44.5 Å². The maximum atomic E-state index is 12.1. The molecule has 1 saturated heterocycles. The highest BCUT2D eigenvalue weighted by Crippen LogP contribution is 2.27. The van der Waals surface area contributed by atoms with Crippen LogP contribution >= 0.6 is 11.3 Å². The lowest BCUT2D eigenvalue weighted by atomic mass is 10.1. The van der Waals surface area contributed by atoms with E-state index in [1.807, 2.05) is 6.92 Å². The number of thiophene rings is 1. The zero-order valence-electron chi connectivity index (χ0n) is 14.6. The molecule has 3 rings (SSSR count). The van der Waals surface area contributed by atoms with Crippen molar-refractivity contribution in [2.45, 2.75) is 19.5 Å². The fourth-order valence-corrected chi connectivity index (χ4v) is 4.10. The number of hydrogen-bond donors (Lipinski definition) is 2. The first-order chi connectivity index (χ1) is 12.1. The van der Waals surface area contributed by atoms with E-state index in [-0.39, 0.29) is 11.9 Å². The second-order valence-corrected chi connectivity index (χ2v) is 7.22. The summed E-state index contributed by atoms with van der Waals surface area (Å²) in [5.74, 6) is -0.253. The molecule has 1 atom stereocenters. The molecular formula is C18H24N4O2S. The Morgan fingerprint density at radius 3 is 2.64 bits per heavy atom. The molecule has 3 amide bonds. The molecule has 0 aliphatic carbocycles. The predicted octanol–water partition coefficient (Wildman–Crippen LogP) is 1.86. The Balaban J connectivity index is 1.53. The predicted molar refractivity (Wildman–Crippen MR) is 101 cm³/mol. The van der Waals surface area contributed by atoms with Gasteiger partial charge in [-0.3, -0.25) is 19.9 Å². The molecule has 2 aromatic rings. The van der Waals surface area contributed by atoms with Crippen molar-refractivity contribution in [1.29, 1.82) is 0 Å². The van der Waals surface area contributed by atoms with E-state index in [2.05, 4.69) is 50.1 Å². The average molecular weight is 360 g/mol. The fourth-order valence-electron chi connectivity index (χ4n) is 3.15. The summed E-state index contributed by atoms with van der Waals surface area (Å²) in [4.78, 5) is 27.9. The van der Waals surface area contributed by atoms with E-state index in [0.717, 1.165) is 32.7 Å². The van der Waals surface area contributed by atoms with Crippen LogP contribution in [0.25, 0.3) is 10.1 Å². The number of carbonyl (C=O) groups excluding carboxylic acids is 2. The van der Waals surface area contributed by atoms with Crippen molar-refractivity contribution >= 4 is 33.4 Å². The van der Waals surface area contributed by atoms with Crippen LogP contribution in [0, 0.1) is 0 Å². The molecule has 0 spiro atoms. The molecule has 2 heterocycles. The molecule has 0 saturated carbocycles. The molecule has 1 unspecified atom stereocenters. The summed E-state index contributed by atoms with van der Waals surface area (Å²) in [6.45, 7) is 6.27. The number of fused-ring (bicyclic) bond motifs is 1. The van der Waals surface area contributed by atoms with Crippen molar-refractivity contribution in [3.63, 3.8) is 0 Å². The largest absolute Gasteiger partial charge is 0.341 e. The highest BCUT2D eigenvalue weighted by Gasteiger charge is 2.26. The number of urea groups is 1. The lowest BCUT2D eigenvalue weighted by Crippen LogP contribution is -2.55. The first-order valence-corrected chi connectivity index (χ1v) is 9.40. The number of piperazine rings is 1. The Labute approximate surface area is 151 Å². The minimum atomic E-state index is -0.458. The molecule has 6 nitrogen and oxygen atoms in total. The van der Waals surface area contributed by atoms with E-state index in [1.54, 1.807) is 11.3 Å². The zero-order chi connectivity index (χ0) is 17.8. The van der Waals surface area contributed by atoms with Crippen LogP contribution in [-0.2, 0) is 11.3 Å². The van der Waals surface area contributed by atoms with Crippen molar-refractivity contribution in [1.82, 2.24) is 20.4 Å². The van der Waals surface area contributed by atoms with Gasteiger partial charge in [0.05, 0.1) is 6.04 Å². The van der Waals surface area contributed by atoms with Crippen LogP contribution in [0.1, 0.15) is 12.5 Å². The molecule has 2 N–H and O–H groups in total. The second kappa shape index (κ2) is 7.95. The number of nitrogens with zero attached hydrogens (tertiary/aromatic N) is 2. The highest BCUT2D eigenvalue weighted by molar-refractivity contribution is 7.17. The summed E-state index contributed by atoms with van der Waals surface area (Å²) >= 11 is 1.79. The Hall–Kier alpha value is -1.96. The van der Waals surface area contributed by atoms with Gasteiger partial charge in [-0.1, -0.05) is 18.2 Å². The lowest BCUT2D eigenvalue weighted by Gasteiger charge is -2.37. The van der Waals surface area contributed by atoms with E-state index < -0.39 is 6.03 Å². The van der Waals surface area contributed by atoms with Gasteiger partial charge in [0.25, 0.3) is 0 Å². The minimum Gasteiger partial charge on any atom is -0.341 e. The molecule has 0 radical (unpaired) electrons. The van der Waals surface area contributed by atoms with Crippen molar-refractivity contribution in [2.75, 3.05) is 33.2 Å². The molecule has 7 heteroatoms. The normalized spacial score (nSPS) is 17.4. The van der Waals surface area contributed by atoms with Gasteiger partial charge in [-0.05, 0) is 29.3 Å². The monoisotopic (exact) mass is 360 g/mol. The molecule has 25 heavy (non-hydrogen) atoms. The molecule has 0 bridgehead atoms. The molecule has 134 valence electrons. The third kappa shape index (κ3) is 4.18. The number of nitrogens with one attached hydrogen (secondary N) is 2. The van der Waals surface area contributed by atoms with Gasteiger partial charge in [-0.15, -0.1) is 11.3 Å². The zero-order valence-corrected chi connectivity index (χ0v) is 15.4. The Kier molecular flexibility index (Phi) is 5.67. The Morgan fingerprint density at radius 1 is 1.20 bits per heavy atom. The first-order valence-electron chi connectivity index (χ1n) is 8.52. The van der Waals surface area contributed by atoms with Crippen LogP contribution in [0.4, 0.5) is 4.79 Å². The summed E-state index contributed by atoms with van der Waals surface area (Å²) in [7, 11) is 1.50. The maximum absolute atomic E-state index is 12.1. The second-order valence-electron chi connectivity index (χ2n) is 6.31. The van der Waals surface area contributed by atoms with Crippen molar-refractivity contribution in [3.8, 4) is 0 Å². The topological polar surface area (TPSA) is 64.7 Å². The van der Waals surface area contributed by atoms with Gasteiger partial charge in [0.15, 0.2) is 0 Å². The number of carbonyl (C=O) groups is 2. The van der Waals surface area contributed by atoms with Gasteiger partial charge in [0.1, 0.15) is 0 Å². The molecular weight excluding hydrogens is 336 g/mol. The maximum Gasteiger partial charge on any atom is 0.321 e. The van der Waals surface area contributed by atoms with Crippen molar-refractivity contribution in [2.24, 2.45) is 0 Å². The molecule has 1 aliphatic rings. The summed E-state index contributed by atoms with van der Waals surface area (Å²) < 4.78 is 1.33. The quantitative estimate of drug-likeness (QED) is 0.874. The van der Waals surface area contributed by atoms with Gasteiger partial charge in [-0.2, -0.15) is 0 Å². The van der Waals surface area contributed by atoms with E-state index in [1.165, 1.54) is 22.7 Å². The third-order valence-corrected chi connectivity index (χ3v) is 5.77. The smallest absolute Gasteiger partial charge is 0.321 e. The third-order valence-electron chi connectivity index (χ3n) is 4.75. The summed E-state index contributed by atoms with van der Waals surface area (Å²) in [6.07, 6.45) is 0. The number of hydrogen-bond acceptors (Lipinski definition) is 5. The van der Waals surface area contributed by atoms with E-state index in [0.29, 0.717) is 0 Å². The van der Waals surface area contributed by atoms with Gasteiger partial charge in [0.2, 0.25) is 5.91 Å². The van der Waals surface area contributed by atoms with Gasteiger partial charge in [-0.25, -0.2) is 4.79 Å². The van der Waals surface area contributed by atoms with Crippen LogP contribution in [0.2, 0.25) is 0 Å². The van der Waals surface area contributed by atoms with Crippen LogP contribution in [0.3, 0.4) is 0 Å². The first kappa shape index (κ1) is 17.8. The highest BCUT2D eigenvalue weighted by atomic mass is 32.1. The summed E-state index contributed by atoms with van der Waals surface area (Å²) in [6, 6.07) is 7.74. The van der Waals surface area contributed by atoms with Crippen LogP contribution in [0.15, 0.2) is 29.6 Å². The van der Waals surface area contributed by atoms with E-state index >= 15 is 0 Å². The lowest BCUT2D eigenvalue weighted by molar-refractivity contribution is -0.125. The van der Waals surface area contributed by atoms with Crippen molar-refractivity contribution in [3.05, 3.63) is 35.2 Å². The Bertz CT molecular complexity index is 752. The number of amides is 3. The molecule has 1 fully saturated rings.